The Kier molecular flexibility index (Phi) is 5.81. The number of aromatic nitrogens is 2. The standard InChI is InChI=1S/C28H19N5O2S/c1-3-32-27(34)22(17(2)23(16-30)28(32)35)13-21-14-24-25(33(21)20-7-5-4-6-8-20)31-26(36-24)19-11-9-18(15-29)10-12-19/h4-14H,3H2,1-2H3/b22-13-. The second-order valence-corrected chi connectivity index (χ2v) is 9.19. The maximum Gasteiger partial charge on any atom is 0.271 e. The molecule has 0 spiro atoms. The third-order valence-electron chi connectivity index (χ3n) is 6.09. The summed E-state index contributed by atoms with van der Waals surface area (Å²) in [6.07, 6.45) is 1.73. The second-order valence-electron chi connectivity index (χ2n) is 8.16. The number of para-hydroxylation sites is 1. The zero-order valence-electron chi connectivity index (χ0n) is 19.5. The number of thiazole rings is 1. The lowest BCUT2D eigenvalue weighted by Crippen LogP contribution is -2.42. The van der Waals surface area contributed by atoms with E-state index in [0.717, 1.165) is 31.5 Å². The molecule has 2 aromatic carbocycles. The van der Waals surface area contributed by atoms with E-state index in [9.17, 15) is 14.9 Å². The number of carbonyl (C=O) groups excluding carboxylic acids is 2. The fourth-order valence-electron chi connectivity index (χ4n) is 4.23. The average Bonchev–Trinajstić information content (AvgIpc) is 3.45. The highest BCUT2D eigenvalue weighted by molar-refractivity contribution is 7.21. The smallest absolute Gasteiger partial charge is 0.271 e. The van der Waals surface area contributed by atoms with Crippen molar-refractivity contribution in [2.75, 3.05) is 6.54 Å². The summed E-state index contributed by atoms with van der Waals surface area (Å²) in [4.78, 5) is 31.7. The van der Waals surface area contributed by atoms with E-state index in [1.165, 1.54) is 11.3 Å². The van der Waals surface area contributed by atoms with Gasteiger partial charge in [-0.3, -0.25) is 19.1 Å². The average molecular weight is 490 g/mol. The molecular formula is C28H19N5O2S. The topological polar surface area (TPSA) is 103 Å². The zero-order valence-corrected chi connectivity index (χ0v) is 20.3. The summed E-state index contributed by atoms with van der Waals surface area (Å²) in [6, 6.07) is 23.0. The van der Waals surface area contributed by atoms with Crippen molar-refractivity contribution >= 4 is 39.6 Å². The number of likely N-dealkylation sites (N-methyl/N-ethyl adjacent to an activating group) is 1. The van der Waals surface area contributed by atoms with E-state index in [4.69, 9.17) is 10.2 Å². The molecule has 0 radical (unpaired) electrons. The van der Waals surface area contributed by atoms with Crippen LogP contribution in [-0.4, -0.2) is 32.8 Å². The van der Waals surface area contributed by atoms with E-state index in [1.54, 1.807) is 32.1 Å². The number of benzene rings is 2. The lowest BCUT2D eigenvalue weighted by atomic mass is 9.94. The van der Waals surface area contributed by atoms with E-state index in [-0.39, 0.29) is 12.1 Å². The Labute approximate surface area is 211 Å². The van der Waals surface area contributed by atoms with Crippen molar-refractivity contribution in [3.05, 3.63) is 88.6 Å². The van der Waals surface area contributed by atoms with Crippen molar-refractivity contribution in [2.45, 2.75) is 13.8 Å². The summed E-state index contributed by atoms with van der Waals surface area (Å²) in [6.45, 7) is 3.52. The number of rotatable bonds is 4. The highest BCUT2D eigenvalue weighted by Crippen LogP contribution is 2.36. The molecule has 0 unspecified atom stereocenters. The van der Waals surface area contributed by atoms with Crippen LogP contribution in [0.4, 0.5) is 0 Å². The second kappa shape index (κ2) is 9.10. The van der Waals surface area contributed by atoms with Crippen LogP contribution in [0.1, 0.15) is 25.1 Å². The Bertz CT molecular complexity index is 1680. The van der Waals surface area contributed by atoms with Gasteiger partial charge in [0.05, 0.1) is 16.3 Å². The molecule has 7 nitrogen and oxygen atoms in total. The molecule has 0 atom stereocenters. The first-order valence-electron chi connectivity index (χ1n) is 11.2. The number of hydrogen-bond donors (Lipinski definition) is 0. The van der Waals surface area contributed by atoms with Crippen LogP contribution in [0.5, 0.6) is 0 Å². The number of carbonyl (C=O) groups is 2. The molecule has 4 aromatic rings. The third kappa shape index (κ3) is 3.70. The molecule has 0 fully saturated rings. The molecule has 5 rings (SSSR count). The summed E-state index contributed by atoms with van der Waals surface area (Å²) < 4.78 is 2.88. The normalized spacial score (nSPS) is 15.0. The van der Waals surface area contributed by atoms with Crippen LogP contribution in [0.3, 0.4) is 0 Å². The van der Waals surface area contributed by atoms with Crippen LogP contribution in [0, 0.1) is 22.7 Å². The van der Waals surface area contributed by atoms with Gasteiger partial charge in [-0.05, 0) is 55.8 Å². The summed E-state index contributed by atoms with van der Waals surface area (Å²) >= 11 is 1.51. The van der Waals surface area contributed by atoms with Gasteiger partial charge >= 0.3 is 0 Å². The highest BCUT2D eigenvalue weighted by Gasteiger charge is 2.34. The Balaban J connectivity index is 1.71. The summed E-state index contributed by atoms with van der Waals surface area (Å²) in [5, 5.41) is 19.5. The van der Waals surface area contributed by atoms with E-state index in [1.807, 2.05) is 59.2 Å². The molecule has 0 bridgehead atoms. The molecule has 2 amide bonds. The number of fused-ring (bicyclic) bond motifs is 1. The minimum atomic E-state index is -0.562. The maximum absolute atomic E-state index is 13.2. The fraction of sp³-hybridized carbons (Fsp3) is 0.107. The monoisotopic (exact) mass is 489 g/mol. The SMILES string of the molecule is CCN1C(=O)C(C#N)=C(C)/C(=C/c2cc3sc(-c4ccc(C#N)cc4)nc3n2-c2ccccc2)C1=O. The number of amides is 2. The zero-order chi connectivity index (χ0) is 25.4. The van der Waals surface area contributed by atoms with Gasteiger partial charge in [-0.15, -0.1) is 11.3 Å². The molecule has 3 heterocycles. The first-order chi connectivity index (χ1) is 17.5. The quantitative estimate of drug-likeness (QED) is 0.288. The molecule has 1 aliphatic heterocycles. The van der Waals surface area contributed by atoms with Crippen molar-refractivity contribution in [1.82, 2.24) is 14.5 Å². The third-order valence-corrected chi connectivity index (χ3v) is 7.13. The molecule has 2 aromatic heterocycles. The van der Waals surface area contributed by atoms with E-state index >= 15 is 0 Å². The summed E-state index contributed by atoms with van der Waals surface area (Å²) in [5.74, 6) is -0.984. The van der Waals surface area contributed by atoms with Crippen LogP contribution < -0.4 is 0 Å². The first-order valence-corrected chi connectivity index (χ1v) is 12.1. The Morgan fingerprint density at radius 1 is 1.00 bits per heavy atom. The fourth-order valence-corrected chi connectivity index (χ4v) is 5.23. The Hall–Kier alpha value is -4.79. The first kappa shape index (κ1) is 23.0. The number of imide groups is 1. The lowest BCUT2D eigenvalue weighted by Gasteiger charge is -2.26. The lowest BCUT2D eigenvalue weighted by molar-refractivity contribution is -0.140. The van der Waals surface area contributed by atoms with Crippen molar-refractivity contribution < 1.29 is 9.59 Å². The predicted octanol–water partition coefficient (Wildman–Crippen LogP) is 5.24. The van der Waals surface area contributed by atoms with Crippen LogP contribution in [0.2, 0.25) is 0 Å². The van der Waals surface area contributed by atoms with Gasteiger partial charge in [0.15, 0.2) is 5.65 Å². The van der Waals surface area contributed by atoms with E-state index < -0.39 is 11.8 Å². The molecule has 1 aliphatic rings. The van der Waals surface area contributed by atoms with Crippen molar-refractivity contribution in [3.8, 4) is 28.4 Å². The number of nitrogens with zero attached hydrogens (tertiary/aromatic N) is 5. The molecular weight excluding hydrogens is 470 g/mol. The molecule has 0 N–H and O–H groups in total. The highest BCUT2D eigenvalue weighted by atomic mass is 32.1. The van der Waals surface area contributed by atoms with E-state index in [2.05, 4.69) is 6.07 Å². The maximum atomic E-state index is 13.2. The van der Waals surface area contributed by atoms with Crippen LogP contribution in [-0.2, 0) is 9.59 Å². The molecule has 174 valence electrons. The summed E-state index contributed by atoms with van der Waals surface area (Å²) in [7, 11) is 0. The van der Waals surface area contributed by atoms with Gasteiger partial charge in [0.2, 0.25) is 0 Å². The van der Waals surface area contributed by atoms with Gasteiger partial charge in [-0.25, -0.2) is 4.98 Å². The molecule has 0 aliphatic carbocycles. The number of nitriles is 2. The largest absolute Gasteiger partial charge is 0.294 e. The number of hydrogen-bond acceptors (Lipinski definition) is 6. The van der Waals surface area contributed by atoms with Gasteiger partial charge in [0, 0.05) is 29.1 Å². The van der Waals surface area contributed by atoms with Crippen molar-refractivity contribution in [3.63, 3.8) is 0 Å². The van der Waals surface area contributed by atoms with Crippen molar-refractivity contribution in [2.24, 2.45) is 0 Å². The van der Waals surface area contributed by atoms with Gasteiger partial charge in [-0.2, -0.15) is 10.5 Å². The molecule has 0 saturated heterocycles. The van der Waals surface area contributed by atoms with Gasteiger partial charge in [-0.1, -0.05) is 30.3 Å². The minimum absolute atomic E-state index is 0.0245. The molecule has 8 heteroatoms. The predicted molar refractivity (Wildman–Crippen MR) is 138 cm³/mol. The molecule has 0 saturated carbocycles. The van der Waals surface area contributed by atoms with Gasteiger partial charge in [0.25, 0.3) is 11.8 Å². The van der Waals surface area contributed by atoms with Crippen LogP contribution >= 0.6 is 11.3 Å². The summed E-state index contributed by atoms with van der Waals surface area (Å²) in [5.41, 5.74) is 4.45. The molecule has 36 heavy (non-hydrogen) atoms. The van der Waals surface area contributed by atoms with Crippen LogP contribution in [0.15, 0.2) is 77.4 Å². The minimum Gasteiger partial charge on any atom is -0.294 e. The van der Waals surface area contributed by atoms with Crippen molar-refractivity contribution in [1.29, 1.82) is 10.5 Å². The van der Waals surface area contributed by atoms with Gasteiger partial charge in [0.1, 0.15) is 16.6 Å². The van der Waals surface area contributed by atoms with Crippen LogP contribution in [0.25, 0.3) is 32.7 Å². The Morgan fingerprint density at radius 2 is 1.72 bits per heavy atom. The Morgan fingerprint density at radius 3 is 2.36 bits per heavy atom. The van der Waals surface area contributed by atoms with E-state index in [0.29, 0.717) is 22.4 Å². The van der Waals surface area contributed by atoms with Gasteiger partial charge < -0.3 is 0 Å².